The van der Waals surface area contributed by atoms with Gasteiger partial charge in [-0.05, 0) is 49.3 Å². The molecule has 0 aliphatic rings. The van der Waals surface area contributed by atoms with Crippen LogP contribution in [0.5, 0.6) is 0 Å². The lowest BCUT2D eigenvalue weighted by molar-refractivity contribution is -0.380. The number of azo groups is 1. The molecule has 0 saturated carbocycles. The van der Waals surface area contributed by atoms with Gasteiger partial charge in [-0.2, -0.15) is 0 Å². The van der Waals surface area contributed by atoms with Gasteiger partial charge in [0.1, 0.15) is 11.4 Å². The van der Waals surface area contributed by atoms with Crippen molar-refractivity contribution in [2.24, 2.45) is 10.2 Å². The lowest BCUT2D eigenvalue weighted by Crippen LogP contribution is -2.24. The third-order valence-electron chi connectivity index (χ3n) is 3.81. The molecule has 0 aliphatic heterocycles. The summed E-state index contributed by atoms with van der Waals surface area (Å²) < 4.78 is 0. The van der Waals surface area contributed by atoms with Gasteiger partial charge in [0.05, 0.1) is 10.6 Å². The largest absolute Gasteiger partial charge is 0.371 e. The van der Waals surface area contributed by atoms with Crippen LogP contribution in [0.4, 0.5) is 27.2 Å². The minimum atomic E-state index is -0.487. The number of nitrogens with zero attached hydrogens (tertiary/aromatic N) is 5. The zero-order valence-electron chi connectivity index (χ0n) is 16.4. The fourth-order valence-electron chi connectivity index (χ4n) is 2.69. The molecule has 9 nitrogen and oxygen atoms in total. The number of rotatable bonds is 9. The van der Waals surface area contributed by atoms with Crippen molar-refractivity contribution in [2.45, 2.75) is 40.5 Å². The molecule has 0 radical (unpaired) electrons. The number of thiazole rings is 1. The highest BCUT2D eigenvalue weighted by Gasteiger charge is 2.17. The van der Waals surface area contributed by atoms with Gasteiger partial charge < -0.3 is 10.2 Å². The Hall–Kier alpha value is -2.88. The third-order valence-corrected chi connectivity index (χ3v) is 4.81. The number of nitro groups is 1. The Morgan fingerprint density at radius 1 is 1.29 bits per heavy atom. The van der Waals surface area contributed by atoms with Gasteiger partial charge in [-0.3, -0.25) is 14.9 Å². The highest BCUT2D eigenvalue weighted by Crippen LogP contribution is 2.35. The van der Waals surface area contributed by atoms with Crippen LogP contribution in [0.1, 0.15) is 39.3 Å². The van der Waals surface area contributed by atoms with E-state index in [0.717, 1.165) is 43.0 Å². The van der Waals surface area contributed by atoms with Crippen LogP contribution in [-0.4, -0.2) is 28.9 Å². The van der Waals surface area contributed by atoms with Crippen LogP contribution in [0.3, 0.4) is 0 Å². The summed E-state index contributed by atoms with van der Waals surface area (Å²) in [7, 11) is 0. The average Bonchev–Trinajstić information content (AvgIpc) is 3.01. The van der Waals surface area contributed by atoms with E-state index < -0.39 is 4.92 Å². The highest BCUT2D eigenvalue weighted by atomic mass is 32.1. The van der Waals surface area contributed by atoms with Crippen LogP contribution in [-0.2, 0) is 4.79 Å². The number of aryl methyl sites for hydroxylation is 1. The number of aromatic nitrogens is 1. The maximum absolute atomic E-state index is 11.6. The fourth-order valence-corrected chi connectivity index (χ4v) is 3.40. The topological polar surface area (TPSA) is 113 Å². The van der Waals surface area contributed by atoms with Gasteiger partial charge in [0.2, 0.25) is 11.0 Å². The molecule has 1 aromatic carbocycles. The Kier molecular flexibility index (Phi) is 7.56. The quantitative estimate of drug-likeness (QED) is 0.343. The molecular formula is C18H24N6O3S. The molecule has 28 heavy (non-hydrogen) atoms. The standard InChI is InChI=1S/C18H24N6O3S/c1-5-9-23(10-6-2)14-7-8-15(16(11-14)20-13(4)25)21-22-18-19-12(3)17(28-18)24(26)27/h7-8,11H,5-6,9-10H2,1-4H3,(H,20,25). The summed E-state index contributed by atoms with van der Waals surface area (Å²) in [6.45, 7) is 9.05. The average molecular weight is 404 g/mol. The van der Waals surface area contributed by atoms with Crippen molar-refractivity contribution in [3.05, 3.63) is 34.0 Å². The number of benzene rings is 1. The van der Waals surface area contributed by atoms with Crippen molar-refractivity contribution in [2.75, 3.05) is 23.3 Å². The summed E-state index contributed by atoms with van der Waals surface area (Å²) in [6.07, 6.45) is 2.03. The fraction of sp³-hybridized carbons (Fsp3) is 0.444. The minimum absolute atomic E-state index is 0.0545. The van der Waals surface area contributed by atoms with E-state index in [2.05, 4.69) is 39.3 Å². The number of anilines is 2. The van der Waals surface area contributed by atoms with Crippen molar-refractivity contribution < 1.29 is 9.72 Å². The molecule has 0 atom stereocenters. The monoisotopic (exact) mass is 404 g/mol. The van der Waals surface area contributed by atoms with Crippen molar-refractivity contribution in [1.29, 1.82) is 0 Å². The molecule has 0 spiro atoms. The van der Waals surface area contributed by atoms with Crippen LogP contribution in [0, 0.1) is 17.0 Å². The van der Waals surface area contributed by atoms with Gasteiger partial charge in [0.15, 0.2) is 0 Å². The third kappa shape index (κ3) is 5.56. The summed E-state index contributed by atoms with van der Waals surface area (Å²) in [5.74, 6) is -0.216. The zero-order chi connectivity index (χ0) is 20.7. The van der Waals surface area contributed by atoms with Crippen molar-refractivity contribution >= 4 is 44.4 Å². The van der Waals surface area contributed by atoms with Crippen LogP contribution in [0.25, 0.3) is 0 Å². The summed E-state index contributed by atoms with van der Waals surface area (Å²) in [4.78, 5) is 28.4. The van der Waals surface area contributed by atoms with Crippen LogP contribution in [0.2, 0.25) is 0 Å². The number of nitrogens with one attached hydrogen (secondary N) is 1. The Bertz CT molecular complexity index is 874. The predicted octanol–water partition coefficient (Wildman–Crippen LogP) is 5.36. The first kappa shape index (κ1) is 21.4. The van der Waals surface area contributed by atoms with Gasteiger partial charge in [-0.25, -0.2) is 4.98 Å². The molecule has 0 saturated heterocycles. The van der Waals surface area contributed by atoms with E-state index in [1.54, 1.807) is 13.0 Å². The molecule has 2 rings (SSSR count). The first-order valence-electron chi connectivity index (χ1n) is 9.05. The first-order chi connectivity index (χ1) is 13.3. The molecule has 150 valence electrons. The number of hydrogen-bond donors (Lipinski definition) is 1. The normalized spacial score (nSPS) is 11.0. The van der Waals surface area contributed by atoms with Gasteiger partial charge in [0.25, 0.3) is 0 Å². The van der Waals surface area contributed by atoms with Crippen molar-refractivity contribution in [1.82, 2.24) is 4.98 Å². The lowest BCUT2D eigenvalue weighted by atomic mass is 10.2. The molecule has 0 bridgehead atoms. The smallest absolute Gasteiger partial charge is 0.348 e. The molecule has 0 fully saturated rings. The summed E-state index contributed by atoms with van der Waals surface area (Å²) >= 11 is 0.862. The molecule has 1 amide bonds. The summed E-state index contributed by atoms with van der Waals surface area (Å²) in [5.41, 5.74) is 2.29. The Morgan fingerprint density at radius 3 is 2.50 bits per heavy atom. The zero-order valence-corrected chi connectivity index (χ0v) is 17.2. The second kappa shape index (κ2) is 9.88. The van der Waals surface area contributed by atoms with Gasteiger partial charge in [-0.1, -0.05) is 13.8 Å². The van der Waals surface area contributed by atoms with E-state index in [4.69, 9.17) is 0 Å². The Labute approximate surface area is 167 Å². The first-order valence-corrected chi connectivity index (χ1v) is 9.87. The second-order valence-corrected chi connectivity index (χ2v) is 7.17. The summed E-state index contributed by atoms with van der Waals surface area (Å²) in [5, 5.41) is 22.0. The van der Waals surface area contributed by atoms with Crippen LogP contribution in [0.15, 0.2) is 28.4 Å². The lowest BCUT2D eigenvalue weighted by Gasteiger charge is -2.24. The number of carbonyl (C=O) groups excluding carboxylic acids is 1. The molecular weight excluding hydrogens is 380 g/mol. The summed E-state index contributed by atoms with van der Waals surface area (Å²) in [6, 6.07) is 5.58. The molecule has 10 heteroatoms. The molecule has 0 unspecified atom stereocenters. The molecule has 1 aromatic heterocycles. The highest BCUT2D eigenvalue weighted by molar-refractivity contribution is 7.18. The van der Waals surface area contributed by atoms with Crippen molar-refractivity contribution in [3.8, 4) is 0 Å². The number of amides is 1. The second-order valence-electron chi connectivity index (χ2n) is 6.21. The SMILES string of the molecule is CCCN(CCC)c1ccc(N=Nc2nc(C)c([N+](=O)[O-])s2)c(NC(C)=O)c1. The molecule has 1 heterocycles. The molecule has 2 aromatic rings. The van der Waals surface area contributed by atoms with Crippen molar-refractivity contribution in [3.63, 3.8) is 0 Å². The van der Waals surface area contributed by atoms with Crippen LogP contribution >= 0.6 is 11.3 Å². The van der Waals surface area contributed by atoms with E-state index in [9.17, 15) is 14.9 Å². The maximum atomic E-state index is 11.6. The molecule has 1 N–H and O–H groups in total. The maximum Gasteiger partial charge on any atom is 0.348 e. The van der Waals surface area contributed by atoms with Crippen LogP contribution < -0.4 is 10.2 Å². The predicted molar refractivity (Wildman–Crippen MR) is 111 cm³/mol. The van der Waals surface area contributed by atoms with E-state index in [1.165, 1.54) is 6.92 Å². The number of carbonyl (C=O) groups is 1. The van der Waals surface area contributed by atoms with E-state index in [-0.39, 0.29) is 16.0 Å². The van der Waals surface area contributed by atoms with E-state index in [0.29, 0.717) is 17.1 Å². The Balaban J connectivity index is 2.35. The Morgan fingerprint density at radius 2 is 1.96 bits per heavy atom. The van der Waals surface area contributed by atoms with E-state index >= 15 is 0 Å². The minimum Gasteiger partial charge on any atom is -0.371 e. The van der Waals surface area contributed by atoms with E-state index in [1.807, 2.05) is 12.1 Å². The van der Waals surface area contributed by atoms with Gasteiger partial charge >= 0.3 is 5.00 Å². The van der Waals surface area contributed by atoms with Gasteiger partial charge in [-0.15, -0.1) is 10.2 Å². The molecule has 0 aliphatic carbocycles. The van der Waals surface area contributed by atoms with Gasteiger partial charge in [0, 0.05) is 25.7 Å². The number of hydrogen-bond acceptors (Lipinski definition) is 8.